The van der Waals surface area contributed by atoms with Crippen LogP contribution in [0, 0.1) is 12.3 Å². The van der Waals surface area contributed by atoms with Crippen LogP contribution >= 0.6 is 0 Å². The van der Waals surface area contributed by atoms with E-state index in [1.165, 1.54) is 12.0 Å². The molecule has 56 valence electrons. The highest BCUT2D eigenvalue weighted by Crippen LogP contribution is 2.04. The molecule has 0 heteroatoms. The van der Waals surface area contributed by atoms with Crippen LogP contribution in [0.25, 0.3) is 0 Å². The summed E-state index contributed by atoms with van der Waals surface area (Å²) in [6.07, 6.45) is 12.0. The highest BCUT2D eigenvalue weighted by atomic mass is 13.9. The smallest absolute Gasteiger partial charge is 0.00224 e. The Morgan fingerprint density at radius 1 is 1.40 bits per heavy atom. The Bertz CT molecular complexity index is 135. The van der Waals surface area contributed by atoms with Gasteiger partial charge in [0.05, 0.1) is 0 Å². The van der Waals surface area contributed by atoms with Crippen molar-refractivity contribution in [3.63, 3.8) is 0 Å². The van der Waals surface area contributed by atoms with Crippen molar-refractivity contribution >= 4 is 0 Å². The molecule has 0 rings (SSSR count). The molecule has 10 heavy (non-hydrogen) atoms. The van der Waals surface area contributed by atoms with Crippen LogP contribution < -0.4 is 0 Å². The molecular weight excluding hydrogens is 120 g/mol. The third-order valence-electron chi connectivity index (χ3n) is 1.38. The number of allylic oxidation sites excluding steroid dienone is 2. The van der Waals surface area contributed by atoms with E-state index in [1.807, 2.05) is 0 Å². The van der Waals surface area contributed by atoms with Crippen LogP contribution in [-0.2, 0) is 0 Å². The van der Waals surface area contributed by atoms with Crippen molar-refractivity contribution in [1.29, 1.82) is 0 Å². The van der Waals surface area contributed by atoms with Gasteiger partial charge in [-0.25, -0.2) is 0 Å². The van der Waals surface area contributed by atoms with Crippen LogP contribution in [0.4, 0.5) is 0 Å². The summed E-state index contributed by atoms with van der Waals surface area (Å²) in [5, 5.41) is 0. The van der Waals surface area contributed by atoms with Gasteiger partial charge in [-0.05, 0) is 18.4 Å². The lowest BCUT2D eigenvalue weighted by molar-refractivity contribution is 0.900. The minimum atomic E-state index is 1.07. The summed E-state index contributed by atoms with van der Waals surface area (Å²) in [6, 6.07) is 0. The predicted octanol–water partition coefficient (Wildman–Crippen LogP) is 3.15. The molecule has 0 aromatic heterocycles. The van der Waals surface area contributed by atoms with E-state index in [2.05, 4.69) is 25.8 Å². The molecule has 0 saturated carbocycles. The number of hydrogen-bond donors (Lipinski definition) is 0. The number of hydrogen-bond acceptors (Lipinski definition) is 0. The van der Waals surface area contributed by atoms with Crippen molar-refractivity contribution in [3.8, 4) is 12.3 Å². The first-order valence-electron chi connectivity index (χ1n) is 4.00. The van der Waals surface area contributed by atoms with Gasteiger partial charge < -0.3 is 0 Å². The molecule has 0 aromatic rings. The standard InChI is InChI=1S/C10H16/c1-4-7-9-10(6-3)8-5-2/h3,9H,4-5,7-8H2,1-2H3/b10-9+. The first-order valence-corrected chi connectivity index (χ1v) is 4.00. The van der Waals surface area contributed by atoms with Crippen LogP contribution in [0.15, 0.2) is 11.6 Å². The Kier molecular flexibility index (Phi) is 5.97. The molecule has 0 amide bonds. The molecule has 0 unspecified atom stereocenters. The third kappa shape index (κ3) is 4.21. The van der Waals surface area contributed by atoms with Crippen LogP contribution in [0.5, 0.6) is 0 Å². The molecule has 0 aliphatic heterocycles. The third-order valence-corrected chi connectivity index (χ3v) is 1.38. The second kappa shape index (κ2) is 6.42. The fourth-order valence-corrected chi connectivity index (χ4v) is 0.821. The monoisotopic (exact) mass is 136 g/mol. The second-order valence-corrected chi connectivity index (χ2v) is 2.41. The molecule has 0 saturated heterocycles. The summed E-state index contributed by atoms with van der Waals surface area (Å²) < 4.78 is 0. The van der Waals surface area contributed by atoms with Crippen molar-refractivity contribution in [1.82, 2.24) is 0 Å². The normalized spacial score (nSPS) is 11.1. The first-order chi connectivity index (χ1) is 4.85. The van der Waals surface area contributed by atoms with Gasteiger partial charge in [0.2, 0.25) is 0 Å². The quantitative estimate of drug-likeness (QED) is 0.521. The highest BCUT2D eigenvalue weighted by molar-refractivity contribution is 5.24. The first kappa shape index (κ1) is 9.30. The zero-order valence-electron chi connectivity index (χ0n) is 6.98. The SMILES string of the molecule is C#C/C(=C\CCC)CCC. The summed E-state index contributed by atoms with van der Waals surface area (Å²) in [5.41, 5.74) is 1.17. The number of rotatable bonds is 4. The largest absolute Gasteiger partial charge is 0.115 e. The van der Waals surface area contributed by atoms with E-state index in [4.69, 9.17) is 6.42 Å². The molecule has 0 aliphatic carbocycles. The molecule has 0 N–H and O–H groups in total. The maximum Gasteiger partial charge on any atom is -0.00224 e. The fraction of sp³-hybridized carbons (Fsp3) is 0.600. The van der Waals surface area contributed by atoms with E-state index in [0.717, 1.165) is 19.3 Å². The average molecular weight is 136 g/mol. The van der Waals surface area contributed by atoms with Crippen LogP contribution in [-0.4, -0.2) is 0 Å². The van der Waals surface area contributed by atoms with Gasteiger partial charge >= 0.3 is 0 Å². The van der Waals surface area contributed by atoms with Gasteiger partial charge in [-0.15, -0.1) is 6.42 Å². The molecule has 0 atom stereocenters. The van der Waals surface area contributed by atoms with Gasteiger partial charge in [-0.2, -0.15) is 0 Å². The maximum absolute atomic E-state index is 5.28. The molecular formula is C10H16. The van der Waals surface area contributed by atoms with E-state index in [0.29, 0.717) is 0 Å². The zero-order valence-corrected chi connectivity index (χ0v) is 6.98. The molecule has 0 bridgehead atoms. The van der Waals surface area contributed by atoms with Gasteiger partial charge in [0, 0.05) is 0 Å². The summed E-state index contributed by atoms with van der Waals surface area (Å²) >= 11 is 0. The Morgan fingerprint density at radius 2 is 2.10 bits per heavy atom. The summed E-state index contributed by atoms with van der Waals surface area (Å²) in [5.74, 6) is 2.70. The average Bonchev–Trinajstić information content (AvgIpc) is 1.98. The lowest BCUT2D eigenvalue weighted by Crippen LogP contribution is -1.77. The molecule has 0 nitrogen and oxygen atoms in total. The van der Waals surface area contributed by atoms with Crippen molar-refractivity contribution < 1.29 is 0 Å². The minimum absolute atomic E-state index is 1.07. The summed E-state index contributed by atoms with van der Waals surface area (Å²) in [7, 11) is 0. The maximum atomic E-state index is 5.28. The number of unbranched alkanes of at least 4 members (excludes halogenated alkanes) is 1. The second-order valence-electron chi connectivity index (χ2n) is 2.41. The lowest BCUT2D eigenvalue weighted by atomic mass is 10.1. The van der Waals surface area contributed by atoms with Crippen LogP contribution in [0.3, 0.4) is 0 Å². The minimum Gasteiger partial charge on any atom is -0.115 e. The lowest BCUT2D eigenvalue weighted by Gasteiger charge is -1.94. The topological polar surface area (TPSA) is 0 Å². The van der Waals surface area contributed by atoms with Gasteiger partial charge in [0.25, 0.3) is 0 Å². The molecule has 0 fully saturated rings. The van der Waals surface area contributed by atoms with Crippen LogP contribution in [0.1, 0.15) is 39.5 Å². The molecule has 0 aromatic carbocycles. The van der Waals surface area contributed by atoms with E-state index in [1.54, 1.807) is 0 Å². The van der Waals surface area contributed by atoms with Crippen molar-refractivity contribution in [2.75, 3.05) is 0 Å². The molecule has 0 spiro atoms. The van der Waals surface area contributed by atoms with Gasteiger partial charge in [-0.1, -0.05) is 38.7 Å². The summed E-state index contributed by atoms with van der Waals surface area (Å²) in [4.78, 5) is 0. The van der Waals surface area contributed by atoms with E-state index in [-0.39, 0.29) is 0 Å². The molecule has 0 aliphatic rings. The Labute approximate surface area is 64.3 Å². The summed E-state index contributed by atoms with van der Waals surface area (Å²) in [6.45, 7) is 4.31. The fourth-order valence-electron chi connectivity index (χ4n) is 0.821. The zero-order chi connectivity index (χ0) is 7.82. The molecule has 0 radical (unpaired) electrons. The van der Waals surface area contributed by atoms with E-state index in [9.17, 15) is 0 Å². The van der Waals surface area contributed by atoms with Crippen molar-refractivity contribution in [3.05, 3.63) is 11.6 Å². The van der Waals surface area contributed by atoms with Gasteiger partial charge in [0.1, 0.15) is 0 Å². The number of terminal acetylenes is 1. The Morgan fingerprint density at radius 3 is 2.50 bits per heavy atom. The Balaban J connectivity index is 3.70. The van der Waals surface area contributed by atoms with Gasteiger partial charge in [0.15, 0.2) is 0 Å². The van der Waals surface area contributed by atoms with E-state index >= 15 is 0 Å². The molecule has 0 heterocycles. The van der Waals surface area contributed by atoms with Gasteiger partial charge in [-0.3, -0.25) is 0 Å². The van der Waals surface area contributed by atoms with Crippen molar-refractivity contribution in [2.24, 2.45) is 0 Å². The Hall–Kier alpha value is -0.700. The predicted molar refractivity (Wildman–Crippen MR) is 46.7 cm³/mol. The van der Waals surface area contributed by atoms with Crippen molar-refractivity contribution in [2.45, 2.75) is 39.5 Å². The highest BCUT2D eigenvalue weighted by Gasteiger charge is 1.87. The van der Waals surface area contributed by atoms with E-state index < -0.39 is 0 Å². The van der Waals surface area contributed by atoms with Crippen LogP contribution in [0.2, 0.25) is 0 Å².